The van der Waals surface area contributed by atoms with Gasteiger partial charge in [0.05, 0.1) is 17.0 Å². The highest BCUT2D eigenvalue weighted by Crippen LogP contribution is 2.38. The van der Waals surface area contributed by atoms with Crippen LogP contribution in [0.15, 0.2) is 76.5 Å². The summed E-state index contributed by atoms with van der Waals surface area (Å²) in [5.74, 6) is 0.823. The fourth-order valence-electron chi connectivity index (χ4n) is 4.15. The van der Waals surface area contributed by atoms with Crippen LogP contribution in [0.25, 0.3) is 0 Å². The van der Waals surface area contributed by atoms with Crippen LogP contribution in [0, 0.1) is 0 Å². The Kier molecular flexibility index (Phi) is 11.0. The average Bonchev–Trinajstić information content (AvgIpc) is 2.88. The maximum absolute atomic E-state index is 12.5. The van der Waals surface area contributed by atoms with Gasteiger partial charge in [0, 0.05) is 9.92 Å². The first-order valence-corrected chi connectivity index (χ1v) is 14.3. The van der Waals surface area contributed by atoms with Crippen LogP contribution in [0.1, 0.15) is 58.1 Å². The molecule has 3 rings (SSSR count). The second kappa shape index (κ2) is 14.0. The molecule has 0 aromatic heterocycles. The molecule has 0 aliphatic carbocycles. The number of ether oxygens (including phenoxy) is 2. The minimum atomic E-state index is -0.806. The first-order valence-electron chi connectivity index (χ1n) is 13.1. The van der Waals surface area contributed by atoms with Crippen LogP contribution in [0.3, 0.4) is 0 Å². The van der Waals surface area contributed by atoms with Gasteiger partial charge < -0.3 is 25.0 Å². The molecular formula is C31H38ClNO5S. The van der Waals surface area contributed by atoms with Gasteiger partial charge in [-0.2, -0.15) is 0 Å². The number of phenolic OH excluding ortho intramolecular Hbond substituents is 1. The highest BCUT2D eigenvalue weighted by molar-refractivity contribution is 7.99. The van der Waals surface area contributed by atoms with Gasteiger partial charge in [-0.05, 0) is 81.5 Å². The van der Waals surface area contributed by atoms with Gasteiger partial charge in [-0.1, -0.05) is 73.1 Å². The third kappa shape index (κ3) is 9.67. The highest BCUT2D eigenvalue weighted by atomic mass is 35.5. The number of aliphatic hydroxyl groups is 1. The Morgan fingerprint density at radius 2 is 1.77 bits per heavy atom. The van der Waals surface area contributed by atoms with Crippen LogP contribution in [-0.2, 0) is 17.8 Å². The number of alkyl carbamates (subject to hydrolysis) is 1. The number of hydrogen-bond donors (Lipinski definition) is 3. The molecule has 39 heavy (non-hydrogen) atoms. The third-order valence-corrected chi connectivity index (χ3v) is 7.49. The van der Waals surface area contributed by atoms with Crippen molar-refractivity contribution in [2.45, 2.75) is 80.9 Å². The predicted molar refractivity (Wildman–Crippen MR) is 157 cm³/mol. The molecule has 0 saturated carbocycles. The number of rotatable bonds is 12. The zero-order valence-electron chi connectivity index (χ0n) is 23.0. The number of nitrogens with one attached hydrogen (secondary N) is 1. The van der Waals surface area contributed by atoms with Gasteiger partial charge in [-0.3, -0.25) is 0 Å². The molecule has 0 heterocycles. The molecular weight excluding hydrogens is 534 g/mol. The Labute approximate surface area is 240 Å². The van der Waals surface area contributed by atoms with E-state index in [1.807, 2.05) is 61.5 Å². The SMILES string of the molecule is CCC[C@@](CO)(CCc1ccc(Sc2cc(OCc3ccccc3)ccc2O)cc1Cl)NC(=O)OC(C)(C)C. The molecule has 210 valence electrons. The predicted octanol–water partition coefficient (Wildman–Crippen LogP) is 7.76. The number of phenols is 1. The van der Waals surface area contributed by atoms with Crippen molar-refractivity contribution >= 4 is 29.5 Å². The Hall–Kier alpha value is -2.87. The zero-order chi connectivity index (χ0) is 28.5. The molecule has 8 heteroatoms. The number of aryl methyl sites for hydroxylation is 1. The van der Waals surface area contributed by atoms with E-state index in [1.165, 1.54) is 11.8 Å². The zero-order valence-corrected chi connectivity index (χ0v) is 24.6. The monoisotopic (exact) mass is 571 g/mol. The molecule has 1 amide bonds. The second-order valence-corrected chi connectivity index (χ2v) is 12.1. The smallest absolute Gasteiger partial charge is 0.408 e. The summed E-state index contributed by atoms with van der Waals surface area (Å²) < 4.78 is 11.3. The number of carbonyl (C=O) groups is 1. The molecule has 0 saturated heterocycles. The summed E-state index contributed by atoms with van der Waals surface area (Å²) >= 11 is 8.05. The minimum Gasteiger partial charge on any atom is -0.507 e. The van der Waals surface area contributed by atoms with Gasteiger partial charge >= 0.3 is 6.09 Å². The number of aromatic hydroxyl groups is 1. The maximum atomic E-state index is 12.5. The lowest BCUT2D eigenvalue weighted by atomic mass is 9.87. The van der Waals surface area contributed by atoms with Gasteiger partial charge in [0.1, 0.15) is 23.7 Å². The number of benzene rings is 3. The summed E-state index contributed by atoms with van der Waals surface area (Å²) in [7, 11) is 0. The van der Waals surface area contributed by atoms with Gasteiger partial charge in [0.25, 0.3) is 0 Å². The van der Waals surface area contributed by atoms with Crippen LogP contribution in [0.2, 0.25) is 5.02 Å². The molecule has 0 spiro atoms. The number of aliphatic hydroxyl groups excluding tert-OH is 1. The van der Waals surface area contributed by atoms with E-state index in [0.717, 1.165) is 22.4 Å². The van der Waals surface area contributed by atoms with E-state index in [9.17, 15) is 15.0 Å². The lowest BCUT2D eigenvalue weighted by Gasteiger charge is -2.34. The average molecular weight is 572 g/mol. The molecule has 3 aromatic rings. The highest BCUT2D eigenvalue weighted by Gasteiger charge is 2.32. The van der Waals surface area contributed by atoms with Crippen molar-refractivity contribution < 1.29 is 24.5 Å². The van der Waals surface area contributed by atoms with E-state index in [2.05, 4.69) is 5.32 Å². The van der Waals surface area contributed by atoms with Crippen LogP contribution >= 0.6 is 23.4 Å². The molecule has 6 nitrogen and oxygen atoms in total. The van der Waals surface area contributed by atoms with Gasteiger partial charge in [0.15, 0.2) is 0 Å². The van der Waals surface area contributed by atoms with Crippen molar-refractivity contribution in [3.05, 3.63) is 82.9 Å². The number of hydrogen-bond acceptors (Lipinski definition) is 6. The van der Waals surface area contributed by atoms with E-state index < -0.39 is 17.2 Å². The molecule has 3 N–H and O–H groups in total. The lowest BCUT2D eigenvalue weighted by molar-refractivity contribution is 0.0373. The van der Waals surface area contributed by atoms with Crippen molar-refractivity contribution in [3.8, 4) is 11.5 Å². The van der Waals surface area contributed by atoms with Crippen LogP contribution < -0.4 is 10.1 Å². The fraction of sp³-hybridized carbons (Fsp3) is 0.387. The molecule has 0 unspecified atom stereocenters. The maximum Gasteiger partial charge on any atom is 0.408 e. The minimum absolute atomic E-state index is 0.160. The normalized spacial score (nSPS) is 13.0. The number of carbonyl (C=O) groups excluding carboxylic acids is 1. The van der Waals surface area contributed by atoms with Gasteiger partial charge in [0.2, 0.25) is 0 Å². The van der Waals surface area contributed by atoms with Crippen molar-refractivity contribution in [2.75, 3.05) is 6.61 Å². The van der Waals surface area contributed by atoms with Crippen LogP contribution in [-0.4, -0.2) is 34.1 Å². The van der Waals surface area contributed by atoms with Gasteiger partial charge in [-0.25, -0.2) is 4.79 Å². The Morgan fingerprint density at radius 3 is 2.41 bits per heavy atom. The lowest BCUT2D eigenvalue weighted by Crippen LogP contribution is -2.53. The van der Waals surface area contributed by atoms with Crippen LogP contribution in [0.4, 0.5) is 4.79 Å². The van der Waals surface area contributed by atoms with E-state index in [1.54, 1.807) is 32.9 Å². The Morgan fingerprint density at radius 1 is 1.03 bits per heavy atom. The first-order chi connectivity index (χ1) is 18.5. The van der Waals surface area contributed by atoms with Crippen LogP contribution in [0.5, 0.6) is 11.5 Å². The second-order valence-electron chi connectivity index (χ2n) is 10.6. The van der Waals surface area contributed by atoms with Crippen molar-refractivity contribution in [1.82, 2.24) is 5.32 Å². The summed E-state index contributed by atoms with van der Waals surface area (Å²) in [5, 5.41) is 24.1. The molecule has 0 bridgehead atoms. The molecule has 0 aliphatic heterocycles. The molecule has 1 atom stereocenters. The van der Waals surface area contributed by atoms with Crippen molar-refractivity contribution in [3.63, 3.8) is 0 Å². The number of amides is 1. The Balaban J connectivity index is 1.67. The number of halogens is 1. The molecule has 0 fully saturated rings. The summed E-state index contributed by atoms with van der Waals surface area (Å²) in [6.45, 7) is 7.66. The standard InChI is InChI=1S/C31H38ClNO5S/c1-5-16-31(21-34,33-29(36)38-30(2,3)4)17-15-23-11-13-25(19-26(23)32)39-28-18-24(12-14-27(28)35)37-20-22-9-7-6-8-10-22/h6-14,18-19,34-35H,5,15-17,20-21H2,1-4H3,(H,33,36)/t31-/m0/s1. The molecule has 3 aromatic carbocycles. The first kappa shape index (κ1) is 30.7. The summed E-state index contributed by atoms with van der Waals surface area (Å²) in [4.78, 5) is 14.0. The largest absolute Gasteiger partial charge is 0.507 e. The van der Waals surface area contributed by atoms with E-state index in [4.69, 9.17) is 21.1 Å². The van der Waals surface area contributed by atoms with Crippen molar-refractivity contribution in [1.29, 1.82) is 0 Å². The Bertz CT molecular complexity index is 1230. The van der Waals surface area contributed by atoms with E-state index in [0.29, 0.717) is 41.5 Å². The summed E-state index contributed by atoms with van der Waals surface area (Å²) in [6, 6.07) is 20.8. The summed E-state index contributed by atoms with van der Waals surface area (Å²) in [6.07, 6.45) is 1.92. The quantitative estimate of drug-likeness (QED) is 0.206. The van der Waals surface area contributed by atoms with E-state index >= 15 is 0 Å². The third-order valence-electron chi connectivity index (χ3n) is 6.10. The topological polar surface area (TPSA) is 88.0 Å². The van der Waals surface area contributed by atoms with Gasteiger partial charge in [-0.15, -0.1) is 0 Å². The molecule has 0 radical (unpaired) electrons. The fourth-order valence-corrected chi connectivity index (χ4v) is 5.40. The van der Waals surface area contributed by atoms with Crippen molar-refractivity contribution in [2.24, 2.45) is 0 Å². The molecule has 0 aliphatic rings. The summed E-state index contributed by atoms with van der Waals surface area (Å²) in [5.41, 5.74) is 0.536. The van der Waals surface area contributed by atoms with E-state index in [-0.39, 0.29) is 12.4 Å².